The first-order valence-corrected chi connectivity index (χ1v) is 8.51. The lowest BCUT2D eigenvalue weighted by Gasteiger charge is -2.39. The number of nitrogens with one attached hydrogen (secondary N) is 1. The topological polar surface area (TPSA) is 27.6 Å². The normalized spacial score (nSPS) is 19.6. The summed E-state index contributed by atoms with van der Waals surface area (Å²) in [4.78, 5) is 8.20. The van der Waals surface area contributed by atoms with E-state index in [4.69, 9.17) is 0 Å². The molecule has 0 radical (unpaired) electrons. The van der Waals surface area contributed by atoms with Gasteiger partial charge in [-0.3, -0.25) is 4.99 Å². The van der Waals surface area contributed by atoms with Crippen LogP contribution in [0.4, 0.5) is 0 Å². The molecule has 0 aromatic carbocycles. The van der Waals surface area contributed by atoms with Crippen LogP contribution in [-0.2, 0) is 6.54 Å². The third kappa shape index (κ3) is 3.89. The van der Waals surface area contributed by atoms with Crippen molar-refractivity contribution in [3.63, 3.8) is 0 Å². The Morgan fingerprint density at radius 1 is 1.53 bits per heavy atom. The summed E-state index contributed by atoms with van der Waals surface area (Å²) in [7, 11) is 1.87. The van der Waals surface area contributed by atoms with E-state index in [0.29, 0.717) is 4.75 Å². The summed E-state index contributed by atoms with van der Waals surface area (Å²) < 4.78 is 0.314. The van der Waals surface area contributed by atoms with Crippen LogP contribution in [0.5, 0.6) is 0 Å². The van der Waals surface area contributed by atoms with E-state index in [-0.39, 0.29) is 0 Å². The molecule has 2 rings (SSSR count). The van der Waals surface area contributed by atoms with Gasteiger partial charge in [-0.05, 0) is 37.8 Å². The van der Waals surface area contributed by atoms with Gasteiger partial charge in [-0.2, -0.15) is 11.8 Å². The van der Waals surface area contributed by atoms with Gasteiger partial charge in [-0.25, -0.2) is 0 Å². The van der Waals surface area contributed by atoms with E-state index in [1.54, 1.807) is 0 Å². The lowest BCUT2D eigenvalue weighted by Crippen LogP contribution is -2.50. The molecule has 0 unspecified atom stereocenters. The second-order valence-corrected chi connectivity index (χ2v) is 8.26. The van der Waals surface area contributed by atoms with Crippen LogP contribution in [0.25, 0.3) is 0 Å². The molecule has 19 heavy (non-hydrogen) atoms. The zero-order valence-electron chi connectivity index (χ0n) is 12.2. The van der Waals surface area contributed by atoms with Crippen molar-refractivity contribution >= 4 is 29.1 Å². The number of aliphatic imine (C=N–C) groups is 1. The minimum absolute atomic E-state index is 0.314. The average molecular weight is 297 g/mol. The molecule has 1 fully saturated rings. The van der Waals surface area contributed by atoms with Crippen molar-refractivity contribution in [1.82, 2.24) is 10.2 Å². The predicted octanol–water partition coefficient (Wildman–Crippen LogP) is 2.96. The molecule has 0 amide bonds. The fourth-order valence-corrected chi connectivity index (χ4v) is 4.23. The van der Waals surface area contributed by atoms with E-state index < -0.39 is 0 Å². The lowest BCUT2D eigenvalue weighted by atomic mass is 10.2. The van der Waals surface area contributed by atoms with Gasteiger partial charge >= 0.3 is 0 Å². The summed E-state index contributed by atoms with van der Waals surface area (Å²) in [5, 5.41) is 5.65. The van der Waals surface area contributed by atoms with Crippen LogP contribution >= 0.6 is 23.1 Å². The summed E-state index contributed by atoms with van der Waals surface area (Å²) in [6.07, 6.45) is 0. The SMILES string of the molecule is CN=C(NCc1sccc1C)N1CCSC(C)(C)C1. The quantitative estimate of drug-likeness (QED) is 0.672. The molecule has 2 heterocycles. The maximum Gasteiger partial charge on any atom is 0.194 e. The summed E-state index contributed by atoms with van der Waals surface area (Å²) in [5.74, 6) is 2.20. The molecule has 1 aromatic heterocycles. The highest BCUT2D eigenvalue weighted by Gasteiger charge is 2.28. The van der Waals surface area contributed by atoms with Crippen molar-refractivity contribution < 1.29 is 0 Å². The molecule has 1 aliphatic heterocycles. The fraction of sp³-hybridized carbons (Fsp3) is 0.643. The predicted molar refractivity (Wildman–Crippen MR) is 87.4 cm³/mol. The third-order valence-electron chi connectivity index (χ3n) is 3.31. The van der Waals surface area contributed by atoms with Crippen molar-refractivity contribution in [2.45, 2.75) is 32.1 Å². The molecular weight excluding hydrogens is 274 g/mol. The Hall–Kier alpha value is -0.680. The highest BCUT2D eigenvalue weighted by Crippen LogP contribution is 2.29. The van der Waals surface area contributed by atoms with Crippen molar-refractivity contribution in [2.24, 2.45) is 4.99 Å². The van der Waals surface area contributed by atoms with E-state index in [2.05, 4.69) is 47.4 Å². The minimum atomic E-state index is 0.314. The zero-order chi connectivity index (χ0) is 13.9. The molecule has 5 heteroatoms. The number of nitrogens with zero attached hydrogens (tertiary/aromatic N) is 2. The van der Waals surface area contributed by atoms with Crippen LogP contribution < -0.4 is 5.32 Å². The maximum absolute atomic E-state index is 4.43. The Kier molecular flexibility index (Phi) is 4.79. The Bertz CT molecular complexity index is 451. The van der Waals surface area contributed by atoms with Gasteiger partial charge in [0.1, 0.15) is 0 Å². The number of aryl methyl sites for hydroxylation is 1. The average Bonchev–Trinajstić information content (AvgIpc) is 2.75. The zero-order valence-corrected chi connectivity index (χ0v) is 13.8. The van der Waals surface area contributed by atoms with Gasteiger partial charge in [0.05, 0.1) is 6.54 Å². The lowest BCUT2D eigenvalue weighted by molar-refractivity contribution is 0.376. The molecule has 0 bridgehead atoms. The Labute approximate surface area is 124 Å². The van der Waals surface area contributed by atoms with Crippen molar-refractivity contribution in [2.75, 3.05) is 25.9 Å². The van der Waals surface area contributed by atoms with Gasteiger partial charge in [0.25, 0.3) is 0 Å². The second kappa shape index (κ2) is 6.18. The van der Waals surface area contributed by atoms with Crippen LogP contribution in [-0.4, -0.2) is 41.5 Å². The van der Waals surface area contributed by atoms with E-state index in [1.165, 1.54) is 16.2 Å². The molecule has 1 aromatic rings. The van der Waals surface area contributed by atoms with E-state index in [9.17, 15) is 0 Å². The highest BCUT2D eigenvalue weighted by molar-refractivity contribution is 8.00. The smallest absolute Gasteiger partial charge is 0.194 e. The first-order chi connectivity index (χ1) is 9.02. The third-order valence-corrected chi connectivity index (χ3v) is 5.63. The molecule has 0 saturated carbocycles. The maximum atomic E-state index is 4.43. The van der Waals surface area contributed by atoms with Gasteiger partial charge < -0.3 is 10.2 Å². The molecule has 3 nitrogen and oxygen atoms in total. The van der Waals surface area contributed by atoms with Crippen molar-refractivity contribution in [3.8, 4) is 0 Å². The van der Waals surface area contributed by atoms with Gasteiger partial charge in [0.15, 0.2) is 5.96 Å². The number of thiophene rings is 1. The number of rotatable bonds is 2. The van der Waals surface area contributed by atoms with Crippen molar-refractivity contribution in [1.29, 1.82) is 0 Å². The summed E-state index contributed by atoms with van der Waals surface area (Å²) >= 11 is 3.86. The van der Waals surface area contributed by atoms with Gasteiger partial charge in [-0.15, -0.1) is 11.3 Å². The number of hydrogen-bond donors (Lipinski definition) is 1. The molecule has 1 aliphatic rings. The van der Waals surface area contributed by atoms with Crippen LogP contribution in [0.1, 0.15) is 24.3 Å². The summed E-state index contributed by atoms with van der Waals surface area (Å²) in [6, 6.07) is 2.17. The molecule has 0 atom stereocenters. The number of thioether (sulfide) groups is 1. The molecule has 1 saturated heterocycles. The number of guanidine groups is 1. The first-order valence-electron chi connectivity index (χ1n) is 6.64. The molecular formula is C14H23N3S2. The Morgan fingerprint density at radius 2 is 2.32 bits per heavy atom. The highest BCUT2D eigenvalue weighted by atomic mass is 32.2. The Balaban J connectivity index is 1.95. The van der Waals surface area contributed by atoms with Gasteiger partial charge in [0, 0.05) is 35.5 Å². The molecule has 106 valence electrons. The van der Waals surface area contributed by atoms with Crippen LogP contribution in [0.2, 0.25) is 0 Å². The summed E-state index contributed by atoms with van der Waals surface area (Å²) in [6.45, 7) is 9.79. The fourth-order valence-electron chi connectivity index (χ4n) is 2.27. The van der Waals surface area contributed by atoms with Crippen LogP contribution in [0.15, 0.2) is 16.4 Å². The first kappa shape index (κ1) is 14.7. The standard InChI is InChI=1S/C14H23N3S2/c1-11-5-7-18-12(11)9-16-13(15-4)17-6-8-19-14(2,3)10-17/h5,7H,6,8-10H2,1-4H3,(H,15,16). The van der Waals surface area contributed by atoms with Crippen molar-refractivity contribution in [3.05, 3.63) is 21.9 Å². The monoisotopic (exact) mass is 297 g/mol. The molecule has 0 aliphatic carbocycles. The Morgan fingerprint density at radius 3 is 2.89 bits per heavy atom. The van der Waals surface area contributed by atoms with E-state index >= 15 is 0 Å². The largest absolute Gasteiger partial charge is 0.351 e. The van der Waals surface area contributed by atoms with Crippen LogP contribution in [0.3, 0.4) is 0 Å². The van der Waals surface area contributed by atoms with Gasteiger partial charge in [-0.1, -0.05) is 0 Å². The number of hydrogen-bond acceptors (Lipinski definition) is 3. The van der Waals surface area contributed by atoms with Gasteiger partial charge in [0.2, 0.25) is 0 Å². The van der Waals surface area contributed by atoms with E-state index in [0.717, 1.165) is 25.6 Å². The minimum Gasteiger partial charge on any atom is -0.351 e. The second-order valence-electron chi connectivity index (χ2n) is 5.46. The molecule has 0 spiro atoms. The molecule has 1 N–H and O–H groups in total. The van der Waals surface area contributed by atoms with E-state index in [1.807, 2.05) is 30.1 Å². The summed E-state index contributed by atoms with van der Waals surface area (Å²) in [5.41, 5.74) is 1.36. The van der Waals surface area contributed by atoms with Crippen LogP contribution in [0, 0.1) is 6.92 Å².